The van der Waals surface area contributed by atoms with Crippen molar-refractivity contribution < 1.29 is 19.0 Å². The van der Waals surface area contributed by atoms with Gasteiger partial charge in [-0.2, -0.15) is 0 Å². The molecule has 0 spiro atoms. The molecule has 0 atom stereocenters. The third-order valence-electron chi connectivity index (χ3n) is 2.49. The summed E-state index contributed by atoms with van der Waals surface area (Å²) in [4.78, 5) is 11.7. The van der Waals surface area contributed by atoms with Crippen LogP contribution in [-0.2, 0) is 4.79 Å². The quantitative estimate of drug-likeness (QED) is 0.514. The van der Waals surface area contributed by atoms with Crippen LogP contribution in [0.4, 0.5) is 5.69 Å². The number of esters is 1. The van der Waals surface area contributed by atoms with Crippen molar-refractivity contribution in [3.63, 3.8) is 0 Å². The lowest BCUT2D eigenvalue weighted by Crippen LogP contribution is -2.17. The topological polar surface area (TPSA) is 70.8 Å². The van der Waals surface area contributed by atoms with E-state index >= 15 is 0 Å². The molecule has 2 rings (SSSR count). The summed E-state index contributed by atoms with van der Waals surface area (Å²) in [7, 11) is 1.55. The van der Waals surface area contributed by atoms with Crippen molar-refractivity contribution in [1.82, 2.24) is 0 Å². The van der Waals surface area contributed by atoms with Crippen molar-refractivity contribution in [2.45, 2.75) is 0 Å². The van der Waals surface area contributed by atoms with Gasteiger partial charge in [-0.3, -0.25) is 0 Å². The standard InChI is InChI=1S/C15H15NO4/c1-18-12-5-3-7-14(9-12)20-15(17)10-19-13-6-2-4-11(16)8-13/h2-9H,10,16H2,1H3. The largest absolute Gasteiger partial charge is 0.497 e. The zero-order chi connectivity index (χ0) is 14.4. The Morgan fingerprint density at radius 2 is 1.75 bits per heavy atom. The third-order valence-corrected chi connectivity index (χ3v) is 2.49. The highest BCUT2D eigenvalue weighted by atomic mass is 16.6. The van der Waals surface area contributed by atoms with Gasteiger partial charge in [-0.25, -0.2) is 4.79 Å². The fraction of sp³-hybridized carbons (Fsp3) is 0.133. The van der Waals surface area contributed by atoms with E-state index in [1.807, 2.05) is 0 Å². The molecule has 2 aromatic carbocycles. The first-order chi connectivity index (χ1) is 9.67. The summed E-state index contributed by atoms with van der Waals surface area (Å²) in [6, 6.07) is 13.6. The molecule has 0 aliphatic carbocycles. The first-order valence-electron chi connectivity index (χ1n) is 6.00. The van der Waals surface area contributed by atoms with Gasteiger partial charge in [-0.05, 0) is 24.3 Å². The molecule has 0 aromatic heterocycles. The first-order valence-corrected chi connectivity index (χ1v) is 6.00. The summed E-state index contributed by atoms with van der Waals surface area (Å²) in [6.45, 7) is -0.194. The molecule has 0 heterocycles. The maximum atomic E-state index is 11.7. The second kappa shape index (κ2) is 6.47. The van der Waals surface area contributed by atoms with Gasteiger partial charge in [0.05, 0.1) is 7.11 Å². The van der Waals surface area contributed by atoms with E-state index in [2.05, 4.69) is 0 Å². The lowest BCUT2D eigenvalue weighted by atomic mass is 10.3. The maximum absolute atomic E-state index is 11.7. The number of benzene rings is 2. The van der Waals surface area contributed by atoms with Gasteiger partial charge in [0, 0.05) is 17.8 Å². The van der Waals surface area contributed by atoms with Crippen LogP contribution in [0.1, 0.15) is 0 Å². The minimum absolute atomic E-state index is 0.194. The molecule has 0 unspecified atom stereocenters. The number of rotatable bonds is 5. The minimum atomic E-state index is -0.499. The van der Waals surface area contributed by atoms with Crippen molar-refractivity contribution in [2.75, 3.05) is 19.5 Å². The maximum Gasteiger partial charge on any atom is 0.349 e. The lowest BCUT2D eigenvalue weighted by molar-refractivity contribution is -0.136. The van der Waals surface area contributed by atoms with E-state index in [0.29, 0.717) is 22.9 Å². The fourth-order valence-corrected chi connectivity index (χ4v) is 1.57. The summed E-state index contributed by atoms with van der Waals surface area (Å²) < 4.78 is 15.5. The van der Waals surface area contributed by atoms with Crippen molar-refractivity contribution in [1.29, 1.82) is 0 Å². The number of hydrogen-bond acceptors (Lipinski definition) is 5. The Balaban J connectivity index is 1.89. The zero-order valence-corrected chi connectivity index (χ0v) is 11.0. The molecule has 0 fully saturated rings. The van der Waals surface area contributed by atoms with Crippen LogP contribution in [0, 0.1) is 0 Å². The van der Waals surface area contributed by atoms with E-state index in [1.54, 1.807) is 55.6 Å². The molecule has 104 valence electrons. The van der Waals surface area contributed by atoms with Crippen molar-refractivity contribution in [2.24, 2.45) is 0 Å². The lowest BCUT2D eigenvalue weighted by Gasteiger charge is -2.08. The molecule has 0 aliphatic heterocycles. The average Bonchev–Trinajstić information content (AvgIpc) is 2.45. The predicted octanol–water partition coefficient (Wildman–Crippen LogP) is 2.26. The van der Waals surface area contributed by atoms with E-state index in [-0.39, 0.29) is 6.61 Å². The van der Waals surface area contributed by atoms with Gasteiger partial charge in [0.1, 0.15) is 17.2 Å². The smallest absolute Gasteiger partial charge is 0.349 e. The summed E-state index contributed by atoms with van der Waals surface area (Å²) in [5.74, 6) is 1.05. The van der Waals surface area contributed by atoms with Gasteiger partial charge in [0.15, 0.2) is 6.61 Å². The predicted molar refractivity (Wildman–Crippen MR) is 75.0 cm³/mol. The Kier molecular flexibility index (Phi) is 4.44. The van der Waals surface area contributed by atoms with E-state index in [9.17, 15) is 4.79 Å². The summed E-state index contributed by atoms with van der Waals surface area (Å²) in [6.07, 6.45) is 0. The Bertz CT molecular complexity index is 598. The number of carbonyl (C=O) groups is 1. The third kappa shape index (κ3) is 3.91. The summed E-state index contributed by atoms with van der Waals surface area (Å²) in [5, 5.41) is 0. The van der Waals surface area contributed by atoms with Crippen molar-refractivity contribution in [3.8, 4) is 17.2 Å². The van der Waals surface area contributed by atoms with Gasteiger partial charge in [0.25, 0.3) is 0 Å². The molecule has 2 N–H and O–H groups in total. The molecule has 20 heavy (non-hydrogen) atoms. The van der Waals surface area contributed by atoms with Crippen LogP contribution in [0.3, 0.4) is 0 Å². The number of nitrogens with two attached hydrogens (primary N) is 1. The zero-order valence-electron chi connectivity index (χ0n) is 11.0. The molecule has 2 aromatic rings. The summed E-state index contributed by atoms with van der Waals surface area (Å²) >= 11 is 0. The fourth-order valence-electron chi connectivity index (χ4n) is 1.57. The van der Waals surface area contributed by atoms with E-state index in [0.717, 1.165) is 0 Å². The molecular formula is C15H15NO4. The first kappa shape index (κ1) is 13.7. The van der Waals surface area contributed by atoms with Crippen LogP contribution in [0.15, 0.2) is 48.5 Å². The highest BCUT2D eigenvalue weighted by Gasteiger charge is 2.07. The molecule has 0 aliphatic rings. The monoisotopic (exact) mass is 273 g/mol. The second-order valence-electron chi connectivity index (χ2n) is 4.01. The summed E-state index contributed by atoms with van der Waals surface area (Å²) in [5.41, 5.74) is 6.18. The SMILES string of the molecule is COc1cccc(OC(=O)COc2cccc(N)c2)c1. The molecular weight excluding hydrogens is 258 g/mol. The average molecular weight is 273 g/mol. The molecule has 0 radical (unpaired) electrons. The van der Waals surface area contributed by atoms with Gasteiger partial charge in [-0.15, -0.1) is 0 Å². The number of anilines is 1. The Hall–Kier alpha value is -2.69. The highest BCUT2D eigenvalue weighted by molar-refractivity contribution is 5.74. The van der Waals surface area contributed by atoms with E-state index < -0.39 is 5.97 Å². The molecule has 0 bridgehead atoms. The number of hydrogen-bond donors (Lipinski definition) is 1. The molecule has 0 saturated carbocycles. The second-order valence-corrected chi connectivity index (χ2v) is 4.01. The Morgan fingerprint density at radius 1 is 1.05 bits per heavy atom. The Morgan fingerprint density at radius 3 is 2.50 bits per heavy atom. The van der Waals surface area contributed by atoms with Crippen molar-refractivity contribution in [3.05, 3.63) is 48.5 Å². The van der Waals surface area contributed by atoms with Crippen LogP contribution in [0.25, 0.3) is 0 Å². The number of ether oxygens (including phenoxy) is 3. The van der Waals surface area contributed by atoms with Crippen LogP contribution in [-0.4, -0.2) is 19.7 Å². The van der Waals surface area contributed by atoms with Crippen LogP contribution in [0.2, 0.25) is 0 Å². The van der Waals surface area contributed by atoms with Gasteiger partial charge in [0.2, 0.25) is 0 Å². The highest BCUT2D eigenvalue weighted by Crippen LogP contribution is 2.19. The molecule has 0 saturated heterocycles. The van der Waals surface area contributed by atoms with Crippen LogP contribution < -0.4 is 19.9 Å². The number of nitrogen functional groups attached to an aromatic ring is 1. The van der Waals surface area contributed by atoms with Gasteiger partial charge < -0.3 is 19.9 Å². The molecule has 5 nitrogen and oxygen atoms in total. The minimum Gasteiger partial charge on any atom is -0.497 e. The van der Waals surface area contributed by atoms with Gasteiger partial charge in [-0.1, -0.05) is 12.1 Å². The Labute approximate surface area is 116 Å². The van der Waals surface area contributed by atoms with Crippen LogP contribution in [0.5, 0.6) is 17.2 Å². The normalized spacial score (nSPS) is 9.85. The number of methoxy groups -OCH3 is 1. The molecule has 5 heteroatoms. The van der Waals surface area contributed by atoms with Gasteiger partial charge >= 0.3 is 5.97 Å². The van der Waals surface area contributed by atoms with Crippen molar-refractivity contribution >= 4 is 11.7 Å². The van der Waals surface area contributed by atoms with E-state index in [4.69, 9.17) is 19.9 Å². The number of carbonyl (C=O) groups excluding carboxylic acids is 1. The van der Waals surface area contributed by atoms with Crippen LogP contribution >= 0.6 is 0 Å². The van der Waals surface area contributed by atoms with E-state index in [1.165, 1.54) is 0 Å². The molecule has 0 amide bonds.